The summed E-state index contributed by atoms with van der Waals surface area (Å²) in [6.07, 6.45) is 1.52. The second kappa shape index (κ2) is 8.62. The zero-order valence-corrected chi connectivity index (χ0v) is 14.8. The van der Waals surface area contributed by atoms with Gasteiger partial charge in [0.25, 0.3) is 0 Å². The summed E-state index contributed by atoms with van der Waals surface area (Å²) < 4.78 is 5.33. The molecule has 0 heterocycles. The van der Waals surface area contributed by atoms with Crippen molar-refractivity contribution in [1.82, 2.24) is 5.43 Å². The first kappa shape index (κ1) is 18.1. The molecule has 0 aliphatic heterocycles. The Morgan fingerprint density at radius 1 is 0.963 bits per heavy atom. The van der Waals surface area contributed by atoms with E-state index in [-0.39, 0.29) is 0 Å². The van der Waals surface area contributed by atoms with Crippen molar-refractivity contribution in [1.29, 1.82) is 0 Å². The first-order valence-electron chi connectivity index (χ1n) is 8.52. The molecular formula is C21H19N3O3. The lowest BCUT2D eigenvalue weighted by Gasteiger charge is -2.06. The number of hydrazone groups is 1. The van der Waals surface area contributed by atoms with Crippen LogP contribution in [-0.2, 0) is 9.59 Å². The molecule has 6 nitrogen and oxygen atoms in total. The SMILES string of the molecule is CCOc1ccc(NC(=O)C(=O)N/N=C/c2cccc3ccccc23)cc1. The highest BCUT2D eigenvalue weighted by molar-refractivity contribution is 6.39. The van der Waals surface area contributed by atoms with E-state index in [1.54, 1.807) is 24.3 Å². The van der Waals surface area contributed by atoms with Gasteiger partial charge in [-0.2, -0.15) is 5.10 Å². The van der Waals surface area contributed by atoms with Crippen LogP contribution in [0.15, 0.2) is 71.8 Å². The number of rotatable bonds is 5. The lowest BCUT2D eigenvalue weighted by Crippen LogP contribution is -2.32. The van der Waals surface area contributed by atoms with Crippen LogP contribution in [0.1, 0.15) is 12.5 Å². The van der Waals surface area contributed by atoms with Crippen molar-refractivity contribution in [3.05, 3.63) is 72.3 Å². The average Bonchev–Trinajstić information content (AvgIpc) is 2.69. The van der Waals surface area contributed by atoms with Crippen LogP contribution in [-0.4, -0.2) is 24.6 Å². The molecule has 3 aromatic carbocycles. The van der Waals surface area contributed by atoms with Gasteiger partial charge in [0.15, 0.2) is 0 Å². The molecule has 27 heavy (non-hydrogen) atoms. The summed E-state index contributed by atoms with van der Waals surface area (Å²) in [5.41, 5.74) is 3.59. The van der Waals surface area contributed by atoms with Gasteiger partial charge in [-0.05, 0) is 42.0 Å². The number of hydrogen-bond donors (Lipinski definition) is 2. The molecule has 0 aliphatic carbocycles. The first-order chi connectivity index (χ1) is 13.2. The molecule has 0 bridgehead atoms. The number of hydrogen-bond acceptors (Lipinski definition) is 4. The van der Waals surface area contributed by atoms with Gasteiger partial charge in [0, 0.05) is 11.3 Å². The minimum atomic E-state index is -0.847. The van der Waals surface area contributed by atoms with Crippen LogP contribution in [0.5, 0.6) is 5.75 Å². The summed E-state index contributed by atoms with van der Waals surface area (Å²) in [5, 5.41) is 8.48. The van der Waals surface area contributed by atoms with Crippen molar-refractivity contribution in [3.63, 3.8) is 0 Å². The largest absolute Gasteiger partial charge is 0.494 e. The summed E-state index contributed by atoms with van der Waals surface area (Å²) in [4.78, 5) is 23.9. The van der Waals surface area contributed by atoms with Gasteiger partial charge in [-0.15, -0.1) is 0 Å². The van der Waals surface area contributed by atoms with Gasteiger partial charge in [-0.25, -0.2) is 5.43 Å². The van der Waals surface area contributed by atoms with E-state index >= 15 is 0 Å². The van der Waals surface area contributed by atoms with E-state index in [1.165, 1.54) is 6.21 Å². The Labute approximate surface area is 156 Å². The summed E-state index contributed by atoms with van der Waals surface area (Å²) in [6.45, 7) is 2.45. The predicted octanol–water partition coefficient (Wildman–Crippen LogP) is 3.33. The van der Waals surface area contributed by atoms with Gasteiger partial charge in [0.2, 0.25) is 0 Å². The fourth-order valence-corrected chi connectivity index (χ4v) is 2.56. The third kappa shape index (κ3) is 4.70. The number of fused-ring (bicyclic) bond motifs is 1. The third-order valence-electron chi connectivity index (χ3n) is 3.82. The number of carbonyl (C=O) groups is 2. The average molecular weight is 361 g/mol. The Bertz CT molecular complexity index is 976. The van der Waals surface area contributed by atoms with Crippen LogP contribution < -0.4 is 15.5 Å². The van der Waals surface area contributed by atoms with E-state index in [4.69, 9.17) is 4.74 Å². The Hall–Kier alpha value is -3.67. The normalized spacial score (nSPS) is 10.7. The van der Waals surface area contributed by atoms with Crippen molar-refractivity contribution in [3.8, 4) is 5.75 Å². The van der Waals surface area contributed by atoms with Crippen molar-refractivity contribution >= 4 is 34.5 Å². The third-order valence-corrected chi connectivity index (χ3v) is 3.82. The molecule has 136 valence electrons. The van der Waals surface area contributed by atoms with Gasteiger partial charge in [-0.3, -0.25) is 9.59 Å². The van der Waals surface area contributed by atoms with Crippen LogP contribution in [0.3, 0.4) is 0 Å². The Morgan fingerprint density at radius 2 is 1.70 bits per heavy atom. The molecule has 0 unspecified atom stereocenters. The zero-order chi connectivity index (χ0) is 19.1. The van der Waals surface area contributed by atoms with Gasteiger partial charge >= 0.3 is 11.8 Å². The maximum atomic E-state index is 11.9. The molecule has 0 spiro atoms. The fraction of sp³-hybridized carbons (Fsp3) is 0.0952. The highest BCUT2D eigenvalue weighted by atomic mass is 16.5. The summed E-state index contributed by atoms with van der Waals surface area (Å²) in [5.74, 6) is -0.950. The second-order valence-corrected chi connectivity index (χ2v) is 5.68. The first-order valence-corrected chi connectivity index (χ1v) is 8.52. The molecule has 3 aromatic rings. The number of carbonyl (C=O) groups excluding carboxylic acids is 2. The molecule has 0 atom stereocenters. The van der Waals surface area contributed by atoms with E-state index < -0.39 is 11.8 Å². The van der Waals surface area contributed by atoms with Crippen molar-refractivity contribution < 1.29 is 14.3 Å². The minimum absolute atomic E-state index is 0.497. The van der Waals surface area contributed by atoms with E-state index in [2.05, 4.69) is 15.8 Å². The molecule has 0 radical (unpaired) electrons. The van der Waals surface area contributed by atoms with E-state index in [0.717, 1.165) is 16.3 Å². The van der Waals surface area contributed by atoms with Gasteiger partial charge in [0.05, 0.1) is 12.8 Å². The standard InChI is InChI=1S/C21H19N3O3/c1-2-27-18-12-10-17(11-13-18)23-20(25)21(26)24-22-14-16-8-5-7-15-6-3-4-9-19(15)16/h3-14H,2H2,1H3,(H,23,25)(H,24,26)/b22-14+. The van der Waals surface area contributed by atoms with Crippen LogP contribution in [0.25, 0.3) is 10.8 Å². The van der Waals surface area contributed by atoms with Gasteiger partial charge < -0.3 is 10.1 Å². The van der Waals surface area contributed by atoms with Crippen molar-refractivity contribution in [2.45, 2.75) is 6.92 Å². The highest BCUT2D eigenvalue weighted by Gasteiger charge is 2.12. The number of ether oxygens (including phenoxy) is 1. The smallest absolute Gasteiger partial charge is 0.329 e. The van der Waals surface area contributed by atoms with Crippen LogP contribution in [0.4, 0.5) is 5.69 Å². The number of benzene rings is 3. The Balaban J connectivity index is 1.59. The molecule has 6 heteroatoms. The second-order valence-electron chi connectivity index (χ2n) is 5.68. The maximum absolute atomic E-state index is 11.9. The van der Waals surface area contributed by atoms with Gasteiger partial charge in [0.1, 0.15) is 5.75 Å². The van der Waals surface area contributed by atoms with E-state index in [0.29, 0.717) is 18.0 Å². The molecule has 0 aromatic heterocycles. The lowest BCUT2D eigenvalue weighted by molar-refractivity contribution is -0.136. The summed E-state index contributed by atoms with van der Waals surface area (Å²) >= 11 is 0. The van der Waals surface area contributed by atoms with Crippen LogP contribution in [0.2, 0.25) is 0 Å². The number of nitrogens with one attached hydrogen (secondary N) is 2. The molecule has 0 saturated carbocycles. The predicted molar refractivity (Wildman–Crippen MR) is 106 cm³/mol. The zero-order valence-electron chi connectivity index (χ0n) is 14.8. The highest BCUT2D eigenvalue weighted by Crippen LogP contribution is 2.17. The van der Waals surface area contributed by atoms with Crippen LogP contribution in [0, 0.1) is 0 Å². The van der Waals surface area contributed by atoms with Gasteiger partial charge in [-0.1, -0.05) is 42.5 Å². The van der Waals surface area contributed by atoms with Crippen molar-refractivity contribution in [2.75, 3.05) is 11.9 Å². The van der Waals surface area contributed by atoms with Crippen molar-refractivity contribution in [2.24, 2.45) is 5.10 Å². The number of anilines is 1. The molecule has 3 rings (SSSR count). The lowest BCUT2D eigenvalue weighted by atomic mass is 10.1. The number of amides is 2. The molecule has 2 N–H and O–H groups in total. The Morgan fingerprint density at radius 3 is 2.48 bits per heavy atom. The van der Waals surface area contributed by atoms with E-state index in [1.807, 2.05) is 49.4 Å². The van der Waals surface area contributed by atoms with E-state index in [9.17, 15) is 9.59 Å². The molecule has 0 aliphatic rings. The molecule has 2 amide bonds. The topological polar surface area (TPSA) is 79.8 Å². The molecule has 0 saturated heterocycles. The number of nitrogens with zero attached hydrogens (tertiary/aromatic N) is 1. The monoisotopic (exact) mass is 361 g/mol. The summed E-state index contributed by atoms with van der Waals surface area (Å²) in [6, 6.07) is 20.4. The molecule has 0 fully saturated rings. The maximum Gasteiger partial charge on any atom is 0.329 e. The van der Waals surface area contributed by atoms with Crippen LogP contribution >= 0.6 is 0 Å². The molecular weight excluding hydrogens is 342 g/mol. The quantitative estimate of drug-likeness (QED) is 0.416. The summed E-state index contributed by atoms with van der Waals surface area (Å²) in [7, 11) is 0. The Kier molecular flexibility index (Phi) is 5.79. The fourth-order valence-electron chi connectivity index (χ4n) is 2.56. The minimum Gasteiger partial charge on any atom is -0.494 e.